The molecule has 0 saturated heterocycles. The molecule has 1 heterocycles. The molecule has 3 aromatic rings. The number of nitrogens with zero attached hydrogens (tertiary/aromatic N) is 3. The second kappa shape index (κ2) is 7.28. The van der Waals surface area contributed by atoms with E-state index in [1.54, 1.807) is 0 Å². The SMILES string of the molecule is C[C@H]1CCCC[C@@H]1NC(=O)c1ccc(Cn2nnc3ccccc32)cc1. The first-order chi connectivity index (χ1) is 12.7. The highest BCUT2D eigenvalue weighted by atomic mass is 16.1. The summed E-state index contributed by atoms with van der Waals surface area (Å²) in [7, 11) is 0. The van der Waals surface area contributed by atoms with Crippen molar-refractivity contribution in [2.75, 3.05) is 0 Å². The first-order valence-corrected chi connectivity index (χ1v) is 9.39. The van der Waals surface area contributed by atoms with Crippen molar-refractivity contribution in [3.8, 4) is 0 Å². The summed E-state index contributed by atoms with van der Waals surface area (Å²) in [5.74, 6) is 0.592. The van der Waals surface area contributed by atoms with Crippen LogP contribution >= 0.6 is 0 Å². The molecule has 134 valence electrons. The van der Waals surface area contributed by atoms with Crippen molar-refractivity contribution in [2.24, 2.45) is 5.92 Å². The van der Waals surface area contributed by atoms with Crippen LogP contribution in [0.2, 0.25) is 0 Å². The average Bonchev–Trinajstić information content (AvgIpc) is 3.07. The van der Waals surface area contributed by atoms with Gasteiger partial charge in [-0.2, -0.15) is 0 Å². The van der Waals surface area contributed by atoms with Crippen LogP contribution in [0.3, 0.4) is 0 Å². The van der Waals surface area contributed by atoms with Crippen molar-refractivity contribution < 1.29 is 4.79 Å². The van der Waals surface area contributed by atoms with Crippen LogP contribution in [0.5, 0.6) is 0 Å². The second-order valence-corrected chi connectivity index (χ2v) is 7.27. The third kappa shape index (κ3) is 3.47. The molecule has 0 aliphatic heterocycles. The van der Waals surface area contributed by atoms with Crippen molar-refractivity contribution in [1.82, 2.24) is 20.3 Å². The van der Waals surface area contributed by atoms with Crippen molar-refractivity contribution in [2.45, 2.75) is 45.2 Å². The molecule has 0 radical (unpaired) electrons. The van der Waals surface area contributed by atoms with E-state index in [0.717, 1.165) is 28.6 Å². The Hall–Kier alpha value is -2.69. The molecule has 1 aliphatic rings. The lowest BCUT2D eigenvalue weighted by Gasteiger charge is -2.29. The minimum Gasteiger partial charge on any atom is -0.349 e. The molecular weight excluding hydrogens is 324 g/mol. The monoisotopic (exact) mass is 348 g/mol. The molecule has 1 aromatic heterocycles. The fraction of sp³-hybridized carbons (Fsp3) is 0.381. The predicted octanol–water partition coefficient (Wildman–Crippen LogP) is 3.79. The number of hydrogen-bond acceptors (Lipinski definition) is 3. The zero-order chi connectivity index (χ0) is 17.9. The molecule has 0 spiro atoms. The van der Waals surface area contributed by atoms with Crippen LogP contribution in [0.4, 0.5) is 0 Å². The summed E-state index contributed by atoms with van der Waals surface area (Å²) >= 11 is 0. The van der Waals surface area contributed by atoms with Crippen LogP contribution in [0, 0.1) is 5.92 Å². The lowest BCUT2D eigenvalue weighted by molar-refractivity contribution is 0.0910. The van der Waals surface area contributed by atoms with Crippen molar-refractivity contribution in [1.29, 1.82) is 0 Å². The Bertz CT molecular complexity index is 900. The number of para-hydroxylation sites is 1. The van der Waals surface area contributed by atoms with Gasteiger partial charge in [0.2, 0.25) is 0 Å². The second-order valence-electron chi connectivity index (χ2n) is 7.27. The van der Waals surface area contributed by atoms with Gasteiger partial charge in [-0.1, -0.05) is 49.2 Å². The summed E-state index contributed by atoms with van der Waals surface area (Å²) in [6.45, 7) is 2.87. The van der Waals surface area contributed by atoms with E-state index < -0.39 is 0 Å². The number of amides is 1. The third-order valence-corrected chi connectivity index (χ3v) is 5.40. The fourth-order valence-electron chi connectivity index (χ4n) is 3.75. The lowest BCUT2D eigenvalue weighted by Crippen LogP contribution is -2.41. The van der Waals surface area contributed by atoms with E-state index in [1.807, 2.05) is 53.2 Å². The van der Waals surface area contributed by atoms with Crippen molar-refractivity contribution in [3.63, 3.8) is 0 Å². The van der Waals surface area contributed by atoms with E-state index in [2.05, 4.69) is 22.6 Å². The molecule has 1 amide bonds. The Morgan fingerprint density at radius 1 is 1.12 bits per heavy atom. The fourth-order valence-corrected chi connectivity index (χ4v) is 3.75. The zero-order valence-corrected chi connectivity index (χ0v) is 15.1. The summed E-state index contributed by atoms with van der Waals surface area (Å²) in [5.41, 5.74) is 3.73. The molecular formula is C21H24N4O. The summed E-state index contributed by atoms with van der Waals surface area (Å²) in [4.78, 5) is 12.5. The minimum absolute atomic E-state index is 0.0292. The quantitative estimate of drug-likeness (QED) is 0.780. The van der Waals surface area contributed by atoms with E-state index in [1.165, 1.54) is 19.3 Å². The van der Waals surface area contributed by atoms with Crippen LogP contribution in [-0.2, 0) is 6.54 Å². The highest BCUT2D eigenvalue weighted by Gasteiger charge is 2.23. The maximum absolute atomic E-state index is 12.5. The van der Waals surface area contributed by atoms with E-state index in [4.69, 9.17) is 0 Å². The number of hydrogen-bond donors (Lipinski definition) is 1. The highest BCUT2D eigenvalue weighted by molar-refractivity contribution is 5.94. The van der Waals surface area contributed by atoms with Gasteiger partial charge >= 0.3 is 0 Å². The molecule has 5 heteroatoms. The van der Waals surface area contributed by atoms with Gasteiger partial charge in [0.15, 0.2) is 0 Å². The standard InChI is InChI=1S/C21H24N4O/c1-15-6-2-3-7-18(15)22-21(26)17-12-10-16(11-13-17)14-25-20-9-5-4-8-19(20)23-24-25/h4-5,8-13,15,18H,2-3,6-7,14H2,1H3,(H,22,26)/t15-,18-/m0/s1. The highest BCUT2D eigenvalue weighted by Crippen LogP contribution is 2.24. The van der Waals surface area contributed by atoms with Crippen LogP contribution in [0.15, 0.2) is 48.5 Å². The average molecular weight is 348 g/mol. The van der Waals surface area contributed by atoms with Crippen LogP contribution in [-0.4, -0.2) is 26.9 Å². The molecule has 26 heavy (non-hydrogen) atoms. The van der Waals surface area contributed by atoms with Gasteiger partial charge in [-0.05, 0) is 48.6 Å². The molecule has 1 saturated carbocycles. The van der Waals surface area contributed by atoms with E-state index in [-0.39, 0.29) is 5.91 Å². The number of benzene rings is 2. The summed E-state index contributed by atoms with van der Waals surface area (Å²) in [5, 5.41) is 11.6. The van der Waals surface area contributed by atoms with Gasteiger partial charge in [0, 0.05) is 11.6 Å². The van der Waals surface area contributed by atoms with E-state index in [9.17, 15) is 4.79 Å². The lowest BCUT2D eigenvalue weighted by atomic mass is 9.86. The van der Waals surface area contributed by atoms with E-state index >= 15 is 0 Å². The Morgan fingerprint density at radius 2 is 1.88 bits per heavy atom. The Labute approximate surface area is 153 Å². The topological polar surface area (TPSA) is 59.8 Å². The first kappa shape index (κ1) is 16.8. The summed E-state index contributed by atoms with van der Waals surface area (Å²) in [6, 6.07) is 16.0. The molecule has 5 nitrogen and oxygen atoms in total. The Morgan fingerprint density at radius 3 is 2.69 bits per heavy atom. The third-order valence-electron chi connectivity index (χ3n) is 5.40. The molecule has 2 aromatic carbocycles. The van der Waals surface area contributed by atoms with Crippen LogP contribution in [0.25, 0.3) is 11.0 Å². The Kier molecular flexibility index (Phi) is 4.69. The summed E-state index contributed by atoms with van der Waals surface area (Å²) < 4.78 is 1.88. The van der Waals surface area contributed by atoms with Gasteiger partial charge in [-0.15, -0.1) is 5.10 Å². The first-order valence-electron chi connectivity index (χ1n) is 9.39. The molecule has 0 unspecified atom stereocenters. The number of aromatic nitrogens is 3. The van der Waals surface area contributed by atoms with Crippen LogP contribution < -0.4 is 5.32 Å². The zero-order valence-electron chi connectivity index (χ0n) is 15.1. The molecule has 4 rings (SSSR count). The molecule has 1 N–H and O–H groups in total. The number of carbonyl (C=O) groups is 1. The minimum atomic E-state index is 0.0292. The smallest absolute Gasteiger partial charge is 0.251 e. The van der Waals surface area contributed by atoms with Crippen LogP contribution in [0.1, 0.15) is 48.5 Å². The van der Waals surface area contributed by atoms with Gasteiger partial charge in [-0.25, -0.2) is 4.68 Å². The van der Waals surface area contributed by atoms with Crippen molar-refractivity contribution >= 4 is 16.9 Å². The molecule has 1 fully saturated rings. The largest absolute Gasteiger partial charge is 0.349 e. The molecule has 0 bridgehead atoms. The van der Waals surface area contributed by atoms with Gasteiger partial charge in [0.25, 0.3) is 5.91 Å². The van der Waals surface area contributed by atoms with E-state index in [0.29, 0.717) is 18.5 Å². The van der Waals surface area contributed by atoms with Gasteiger partial charge in [0.05, 0.1) is 12.1 Å². The number of fused-ring (bicyclic) bond motifs is 1. The summed E-state index contributed by atoms with van der Waals surface area (Å²) in [6.07, 6.45) is 4.78. The maximum atomic E-state index is 12.5. The van der Waals surface area contributed by atoms with Gasteiger partial charge in [0.1, 0.15) is 5.52 Å². The molecule has 1 aliphatic carbocycles. The Balaban J connectivity index is 1.44. The van der Waals surface area contributed by atoms with Gasteiger partial charge < -0.3 is 5.32 Å². The maximum Gasteiger partial charge on any atom is 0.251 e. The van der Waals surface area contributed by atoms with Crippen molar-refractivity contribution in [3.05, 3.63) is 59.7 Å². The number of carbonyl (C=O) groups excluding carboxylic acids is 1. The number of nitrogens with one attached hydrogen (secondary N) is 1. The molecule has 2 atom stereocenters. The number of rotatable bonds is 4. The van der Waals surface area contributed by atoms with Gasteiger partial charge in [-0.3, -0.25) is 4.79 Å². The normalized spacial score (nSPS) is 20.2. The predicted molar refractivity (Wildman–Crippen MR) is 102 cm³/mol.